The normalized spacial score (nSPS) is 27.2. The Morgan fingerprint density at radius 1 is 1.67 bits per heavy atom. The van der Waals surface area contributed by atoms with E-state index in [0.717, 1.165) is 0 Å². The van der Waals surface area contributed by atoms with Crippen molar-refractivity contribution in [1.82, 2.24) is 15.3 Å². The summed E-state index contributed by atoms with van der Waals surface area (Å²) < 4.78 is 5.28. The van der Waals surface area contributed by atoms with Gasteiger partial charge in [0.2, 0.25) is 0 Å². The van der Waals surface area contributed by atoms with Crippen LogP contribution in [0.2, 0.25) is 5.15 Å². The largest absolute Gasteiger partial charge is 0.385 e. The van der Waals surface area contributed by atoms with Crippen molar-refractivity contribution in [2.45, 2.75) is 25.0 Å². The first kappa shape index (κ1) is 13.2. The maximum absolute atomic E-state index is 11.8. The van der Waals surface area contributed by atoms with Crippen LogP contribution in [0.5, 0.6) is 0 Å². The fraction of sp³-hybridized carbons (Fsp3) is 0.545. The van der Waals surface area contributed by atoms with Gasteiger partial charge in [-0.25, -0.2) is 9.97 Å². The Balaban J connectivity index is 1.94. The van der Waals surface area contributed by atoms with E-state index < -0.39 is 11.5 Å². The number of rotatable bonds is 3. The highest BCUT2D eigenvalue weighted by Gasteiger charge is 2.39. The average Bonchev–Trinajstić information content (AvgIpc) is 2.68. The number of nitrogens with zero attached hydrogens (tertiary/aromatic N) is 2. The van der Waals surface area contributed by atoms with Crippen molar-refractivity contribution in [3.63, 3.8) is 0 Å². The van der Waals surface area contributed by atoms with Crippen molar-refractivity contribution < 1.29 is 14.6 Å². The molecule has 0 radical (unpaired) electrons. The molecule has 98 valence electrons. The van der Waals surface area contributed by atoms with Crippen LogP contribution < -0.4 is 5.32 Å². The van der Waals surface area contributed by atoms with Crippen molar-refractivity contribution in [2.75, 3.05) is 13.2 Å². The van der Waals surface area contributed by atoms with E-state index in [1.807, 2.05) is 0 Å². The number of carbonyl (C=O) groups is 1. The molecule has 2 N–H and O–H groups in total. The Morgan fingerprint density at radius 2 is 2.44 bits per heavy atom. The van der Waals surface area contributed by atoms with Crippen LogP contribution in [0.1, 0.15) is 23.8 Å². The van der Waals surface area contributed by atoms with Crippen molar-refractivity contribution in [2.24, 2.45) is 0 Å². The molecule has 18 heavy (non-hydrogen) atoms. The average molecular weight is 272 g/mol. The topological polar surface area (TPSA) is 84.3 Å². The monoisotopic (exact) mass is 271 g/mol. The SMILES string of the molecule is CC1OCCC1(O)CNC(=O)c1cnc(Cl)cn1. The molecule has 1 aliphatic rings. The second kappa shape index (κ2) is 5.17. The summed E-state index contributed by atoms with van der Waals surface area (Å²) in [5, 5.41) is 13.0. The van der Waals surface area contributed by atoms with Crippen LogP contribution in [-0.4, -0.2) is 45.8 Å². The molecule has 0 aliphatic carbocycles. The summed E-state index contributed by atoms with van der Waals surface area (Å²) >= 11 is 5.58. The summed E-state index contributed by atoms with van der Waals surface area (Å²) in [6, 6.07) is 0. The molecule has 0 saturated carbocycles. The highest BCUT2D eigenvalue weighted by molar-refractivity contribution is 6.29. The number of amides is 1. The molecule has 1 aromatic heterocycles. The van der Waals surface area contributed by atoms with Gasteiger partial charge in [-0.05, 0) is 6.92 Å². The highest BCUT2D eigenvalue weighted by Crippen LogP contribution is 2.24. The Morgan fingerprint density at radius 3 is 3.00 bits per heavy atom. The van der Waals surface area contributed by atoms with Crippen molar-refractivity contribution in [3.05, 3.63) is 23.2 Å². The fourth-order valence-electron chi connectivity index (χ4n) is 1.76. The number of hydrogen-bond acceptors (Lipinski definition) is 5. The first-order chi connectivity index (χ1) is 8.51. The maximum atomic E-state index is 11.8. The van der Waals surface area contributed by atoms with E-state index in [2.05, 4.69) is 15.3 Å². The van der Waals surface area contributed by atoms with Gasteiger partial charge in [0, 0.05) is 19.6 Å². The van der Waals surface area contributed by atoms with Gasteiger partial charge in [-0.15, -0.1) is 0 Å². The van der Waals surface area contributed by atoms with Crippen LogP contribution in [0.3, 0.4) is 0 Å². The van der Waals surface area contributed by atoms with Gasteiger partial charge in [0.25, 0.3) is 5.91 Å². The molecule has 6 nitrogen and oxygen atoms in total. The molecule has 2 unspecified atom stereocenters. The van der Waals surface area contributed by atoms with Gasteiger partial charge in [0.1, 0.15) is 16.4 Å². The third-order valence-corrected chi connectivity index (χ3v) is 3.26. The van der Waals surface area contributed by atoms with Gasteiger partial charge in [0.05, 0.1) is 18.5 Å². The van der Waals surface area contributed by atoms with Crippen LogP contribution >= 0.6 is 11.6 Å². The number of aliphatic hydroxyl groups is 1. The molecule has 2 heterocycles. The van der Waals surface area contributed by atoms with Gasteiger partial charge in [0.15, 0.2) is 0 Å². The zero-order valence-corrected chi connectivity index (χ0v) is 10.6. The van der Waals surface area contributed by atoms with E-state index >= 15 is 0 Å². The third kappa shape index (κ3) is 2.77. The Hall–Kier alpha value is -1.24. The molecule has 1 aliphatic heterocycles. The van der Waals surface area contributed by atoms with Gasteiger partial charge >= 0.3 is 0 Å². The lowest BCUT2D eigenvalue weighted by Gasteiger charge is -2.25. The van der Waals surface area contributed by atoms with E-state index in [0.29, 0.717) is 13.0 Å². The summed E-state index contributed by atoms with van der Waals surface area (Å²) in [4.78, 5) is 19.4. The third-order valence-electron chi connectivity index (χ3n) is 3.07. The minimum Gasteiger partial charge on any atom is -0.385 e. The number of halogens is 1. The Kier molecular flexibility index (Phi) is 3.79. The number of nitrogens with one attached hydrogen (secondary N) is 1. The van der Waals surface area contributed by atoms with Gasteiger partial charge < -0.3 is 15.2 Å². The number of carbonyl (C=O) groups excluding carboxylic acids is 1. The summed E-state index contributed by atoms with van der Waals surface area (Å²) in [5.41, 5.74) is -0.857. The molecule has 0 spiro atoms. The lowest BCUT2D eigenvalue weighted by atomic mass is 9.97. The Bertz CT molecular complexity index is 440. The van der Waals surface area contributed by atoms with Crippen molar-refractivity contribution >= 4 is 17.5 Å². The second-order valence-electron chi connectivity index (χ2n) is 4.27. The maximum Gasteiger partial charge on any atom is 0.271 e. The zero-order chi connectivity index (χ0) is 13.2. The second-order valence-corrected chi connectivity index (χ2v) is 4.66. The van der Waals surface area contributed by atoms with Crippen molar-refractivity contribution in [1.29, 1.82) is 0 Å². The number of ether oxygens (including phenoxy) is 1. The van der Waals surface area contributed by atoms with E-state index in [4.69, 9.17) is 16.3 Å². The molecule has 7 heteroatoms. The molecule has 2 atom stereocenters. The lowest BCUT2D eigenvalue weighted by Crippen LogP contribution is -2.47. The first-order valence-corrected chi connectivity index (χ1v) is 5.99. The highest BCUT2D eigenvalue weighted by atomic mass is 35.5. The van der Waals surface area contributed by atoms with Gasteiger partial charge in [-0.1, -0.05) is 11.6 Å². The summed E-state index contributed by atoms with van der Waals surface area (Å²) in [6.45, 7) is 2.40. The van der Waals surface area contributed by atoms with E-state index in [1.165, 1.54) is 12.4 Å². The van der Waals surface area contributed by atoms with Crippen LogP contribution in [-0.2, 0) is 4.74 Å². The number of aromatic nitrogens is 2. The molecular formula is C11H14ClN3O3. The zero-order valence-electron chi connectivity index (χ0n) is 9.89. The predicted molar refractivity (Wildman–Crippen MR) is 64.4 cm³/mol. The van der Waals surface area contributed by atoms with Crippen molar-refractivity contribution in [3.8, 4) is 0 Å². The molecule has 1 aromatic rings. The quantitative estimate of drug-likeness (QED) is 0.831. The van der Waals surface area contributed by atoms with Crippen LogP contribution in [0.25, 0.3) is 0 Å². The van der Waals surface area contributed by atoms with Gasteiger partial charge in [-0.2, -0.15) is 0 Å². The molecule has 2 rings (SSSR count). The van der Waals surface area contributed by atoms with E-state index in [9.17, 15) is 9.90 Å². The molecule has 1 amide bonds. The first-order valence-electron chi connectivity index (χ1n) is 5.61. The lowest BCUT2D eigenvalue weighted by molar-refractivity contribution is -0.0252. The predicted octanol–water partition coefficient (Wildman–Crippen LogP) is 0.400. The van der Waals surface area contributed by atoms with Crippen LogP contribution in [0.4, 0.5) is 0 Å². The standard InChI is InChI=1S/C11H14ClN3O3/c1-7-11(17,2-3-18-7)6-15-10(16)8-4-14-9(12)5-13-8/h4-5,7,17H,2-3,6H2,1H3,(H,15,16). The van der Waals surface area contributed by atoms with Crippen LogP contribution in [0, 0.1) is 0 Å². The molecule has 0 aromatic carbocycles. The fourth-order valence-corrected chi connectivity index (χ4v) is 1.85. The molecule has 0 bridgehead atoms. The molecular weight excluding hydrogens is 258 g/mol. The summed E-state index contributed by atoms with van der Waals surface area (Å²) in [7, 11) is 0. The number of hydrogen-bond donors (Lipinski definition) is 2. The van der Waals surface area contributed by atoms with E-state index in [-0.39, 0.29) is 23.5 Å². The van der Waals surface area contributed by atoms with Crippen LogP contribution in [0.15, 0.2) is 12.4 Å². The minimum atomic E-state index is -1.02. The smallest absolute Gasteiger partial charge is 0.271 e. The summed E-state index contributed by atoms with van der Waals surface area (Å²) in [6.07, 6.45) is 2.79. The molecule has 1 fully saturated rings. The van der Waals surface area contributed by atoms with Gasteiger partial charge in [-0.3, -0.25) is 4.79 Å². The minimum absolute atomic E-state index is 0.122. The summed E-state index contributed by atoms with van der Waals surface area (Å²) in [5.74, 6) is -0.397. The van der Waals surface area contributed by atoms with E-state index in [1.54, 1.807) is 6.92 Å². The molecule has 1 saturated heterocycles. The Labute approximate surface area is 109 Å².